The molecule has 1 unspecified atom stereocenters. The van der Waals surface area contributed by atoms with E-state index in [1.165, 1.54) is 244 Å². The fourth-order valence-corrected chi connectivity index (χ4v) is 7.18. The zero-order valence-electron chi connectivity index (χ0n) is 30.9. The van der Waals surface area contributed by atoms with Crippen LogP contribution in [0.4, 0.5) is 0 Å². The Morgan fingerprint density at radius 1 is 0.256 bits per heavy atom. The second-order valence-electron chi connectivity index (χ2n) is 14.8. The van der Waals surface area contributed by atoms with Crippen LogP contribution in [0.1, 0.15) is 264 Å². The van der Waals surface area contributed by atoms with Crippen LogP contribution in [0.5, 0.6) is 0 Å². The van der Waals surface area contributed by atoms with Gasteiger partial charge in [0.15, 0.2) is 0 Å². The number of rotatable bonds is 39. The SMILES string of the molecule is [CH2]CCCCCC(CCCCCCCCCCCCCCC)CCCCCCCCCCCCCCCCCCCCC. The van der Waals surface area contributed by atoms with E-state index in [0.29, 0.717) is 0 Å². The van der Waals surface area contributed by atoms with E-state index in [0.717, 1.165) is 12.3 Å². The molecule has 0 N–H and O–H groups in total. The molecule has 0 fully saturated rings. The molecule has 0 saturated heterocycles. The van der Waals surface area contributed by atoms with Crippen molar-refractivity contribution >= 4 is 0 Å². The van der Waals surface area contributed by atoms with Crippen molar-refractivity contribution in [3.63, 3.8) is 0 Å². The predicted molar refractivity (Wildman–Crippen MR) is 200 cm³/mol. The number of hydrogen-bond donors (Lipinski definition) is 0. The van der Waals surface area contributed by atoms with Crippen LogP contribution >= 0.6 is 0 Å². The fraction of sp³-hybridized carbons (Fsp3) is 0.977. The van der Waals surface area contributed by atoms with Gasteiger partial charge in [0, 0.05) is 0 Å². The molecule has 0 aliphatic carbocycles. The molecule has 0 aliphatic heterocycles. The first-order chi connectivity index (χ1) is 21.3. The molecule has 0 heterocycles. The third-order valence-electron chi connectivity index (χ3n) is 10.3. The molecule has 43 heavy (non-hydrogen) atoms. The molecule has 0 spiro atoms. The smallest absolute Gasteiger partial charge is 0.0414 e. The summed E-state index contributed by atoms with van der Waals surface area (Å²) in [4.78, 5) is 0. The van der Waals surface area contributed by atoms with Gasteiger partial charge in [-0.05, 0) is 5.92 Å². The summed E-state index contributed by atoms with van der Waals surface area (Å²) in [5.41, 5.74) is 0. The molecule has 259 valence electrons. The molecule has 0 rings (SSSR count). The molecule has 0 amide bonds. The Labute approximate surface area is 276 Å². The Hall–Kier alpha value is 0. The second-order valence-corrected chi connectivity index (χ2v) is 14.8. The van der Waals surface area contributed by atoms with Crippen molar-refractivity contribution in [3.8, 4) is 0 Å². The molecular weight excluding hydrogens is 516 g/mol. The summed E-state index contributed by atoms with van der Waals surface area (Å²) < 4.78 is 0. The standard InChI is InChI=1S/C43H87/c1-4-7-10-13-15-17-19-21-22-23-24-25-26-28-30-32-34-36-39-42-43(40-37-12-9-6-3)41-38-35-33-31-29-27-20-18-16-14-11-8-5-2/h43H,3-42H2,1-2H3. The molecule has 0 aromatic carbocycles. The number of unbranched alkanes of at least 4 members (excludes halogenated alkanes) is 33. The van der Waals surface area contributed by atoms with E-state index in [2.05, 4.69) is 20.8 Å². The Morgan fingerprint density at radius 3 is 0.651 bits per heavy atom. The topological polar surface area (TPSA) is 0 Å². The Kier molecular flexibility index (Phi) is 40.0. The molecule has 0 aliphatic rings. The van der Waals surface area contributed by atoms with Crippen molar-refractivity contribution in [2.24, 2.45) is 5.92 Å². The fourth-order valence-electron chi connectivity index (χ4n) is 7.18. The van der Waals surface area contributed by atoms with Crippen LogP contribution in [-0.2, 0) is 0 Å². The summed E-state index contributed by atoms with van der Waals surface area (Å²) in [7, 11) is 0. The first kappa shape index (κ1) is 43.0. The van der Waals surface area contributed by atoms with Gasteiger partial charge < -0.3 is 0 Å². The lowest BCUT2D eigenvalue weighted by Crippen LogP contribution is -2.01. The molecule has 1 radical (unpaired) electrons. The zero-order valence-corrected chi connectivity index (χ0v) is 30.9. The summed E-state index contributed by atoms with van der Waals surface area (Å²) in [5, 5.41) is 0. The van der Waals surface area contributed by atoms with Gasteiger partial charge in [-0.2, -0.15) is 0 Å². The Morgan fingerprint density at radius 2 is 0.442 bits per heavy atom. The largest absolute Gasteiger partial charge is 0.0654 e. The van der Waals surface area contributed by atoms with Gasteiger partial charge >= 0.3 is 0 Å². The van der Waals surface area contributed by atoms with Gasteiger partial charge in [0.2, 0.25) is 0 Å². The first-order valence-corrected chi connectivity index (χ1v) is 21.1. The van der Waals surface area contributed by atoms with Gasteiger partial charge in [-0.25, -0.2) is 0 Å². The van der Waals surface area contributed by atoms with Gasteiger partial charge in [0.1, 0.15) is 0 Å². The van der Waals surface area contributed by atoms with E-state index in [4.69, 9.17) is 0 Å². The second kappa shape index (κ2) is 40.0. The minimum Gasteiger partial charge on any atom is -0.0654 e. The average molecular weight is 604 g/mol. The maximum absolute atomic E-state index is 4.05. The van der Waals surface area contributed by atoms with Gasteiger partial charge in [-0.15, -0.1) is 0 Å². The minimum absolute atomic E-state index is 1.02. The molecule has 0 bridgehead atoms. The minimum atomic E-state index is 1.02. The van der Waals surface area contributed by atoms with Crippen molar-refractivity contribution in [2.45, 2.75) is 264 Å². The first-order valence-electron chi connectivity index (χ1n) is 21.1. The molecule has 0 saturated carbocycles. The summed E-state index contributed by atoms with van der Waals surface area (Å²) in [6, 6.07) is 0. The highest BCUT2D eigenvalue weighted by Crippen LogP contribution is 2.25. The van der Waals surface area contributed by atoms with Crippen LogP contribution in [0, 0.1) is 12.8 Å². The van der Waals surface area contributed by atoms with Crippen LogP contribution < -0.4 is 0 Å². The molecule has 0 nitrogen and oxygen atoms in total. The van der Waals surface area contributed by atoms with Crippen LogP contribution in [0.15, 0.2) is 0 Å². The van der Waals surface area contributed by atoms with Gasteiger partial charge in [0.25, 0.3) is 0 Å². The Bertz CT molecular complexity index is 453. The van der Waals surface area contributed by atoms with Crippen molar-refractivity contribution in [1.29, 1.82) is 0 Å². The van der Waals surface area contributed by atoms with Gasteiger partial charge in [-0.3, -0.25) is 0 Å². The van der Waals surface area contributed by atoms with E-state index in [-0.39, 0.29) is 0 Å². The van der Waals surface area contributed by atoms with Crippen molar-refractivity contribution < 1.29 is 0 Å². The molecule has 0 heteroatoms. The number of hydrogen-bond acceptors (Lipinski definition) is 0. The van der Waals surface area contributed by atoms with Crippen molar-refractivity contribution in [3.05, 3.63) is 6.92 Å². The zero-order chi connectivity index (χ0) is 31.2. The third kappa shape index (κ3) is 38.1. The van der Waals surface area contributed by atoms with E-state index in [9.17, 15) is 0 Å². The van der Waals surface area contributed by atoms with Crippen LogP contribution in [0.3, 0.4) is 0 Å². The Balaban J connectivity index is 3.57. The maximum atomic E-state index is 4.05. The van der Waals surface area contributed by atoms with E-state index in [1.54, 1.807) is 0 Å². The van der Waals surface area contributed by atoms with Crippen LogP contribution in [0.2, 0.25) is 0 Å². The quantitative estimate of drug-likeness (QED) is 0.0613. The lowest BCUT2D eigenvalue weighted by Gasteiger charge is -2.17. The molecule has 0 aromatic rings. The van der Waals surface area contributed by atoms with E-state index in [1.807, 2.05) is 0 Å². The van der Waals surface area contributed by atoms with E-state index < -0.39 is 0 Å². The summed E-state index contributed by atoms with van der Waals surface area (Å²) in [6.45, 7) is 8.68. The summed E-state index contributed by atoms with van der Waals surface area (Å²) >= 11 is 0. The third-order valence-corrected chi connectivity index (χ3v) is 10.3. The highest BCUT2D eigenvalue weighted by Gasteiger charge is 2.09. The van der Waals surface area contributed by atoms with Gasteiger partial charge in [-0.1, -0.05) is 271 Å². The maximum Gasteiger partial charge on any atom is -0.0414 e. The van der Waals surface area contributed by atoms with Gasteiger partial charge in [0.05, 0.1) is 0 Å². The molecule has 0 aromatic heterocycles. The highest BCUT2D eigenvalue weighted by molar-refractivity contribution is 4.62. The lowest BCUT2D eigenvalue weighted by molar-refractivity contribution is 0.366. The molecule has 1 atom stereocenters. The summed E-state index contributed by atoms with van der Waals surface area (Å²) in [5.74, 6) is 1.02. The monoisotopic (exact) mass is 604 g/mol. The van der Waals surface area contributed by atoms with Crippen molar-refractivity contribution in [2.75, 3.05) is 0 Å². The highest BCUT2D eigenvalue weighted by atomic mass is 14.1. The lowest BCUT2D eigenvalue weighted by atomic mass is 9.89. The molecular formula is C43H87. The average Bonchev–Trinajstić information content (AvgIpc) is 3.02. The van der Waals surface area contributed by atoms with Crippen molar-refractivity contribution in [1.82, 2.24) is 0 Å². The predicted octanol–water partition coefficient (Wildman–Crippen LogP) is 16.7. The van der Waals surface area contributed by atoms with E-state index >= 15 is 0 Å². The van der Waals surface area contributed by atoms with Crippen LogP contribution in [0.25, 0.3) is 0 Å². The van der Waals surface area contributed by atoms with Crippen LogP contribution in [-0.4, -0.2) is 0 Å². The summed E-state index contributed by atoms with van der Waals surface area (Å²) in [6.07, 6.45) is 57.1. The normalized spacial score (nSPS) is 12.3.